The third kappa shape index (κ3) is 7.08. The average molecular weight is 629 g/mol. The minimum Gasteiger partial charge on any atom is -0.453 e. The summed E-state index contributed by atoms with van der Waals surface area (Å²) in [4.78, 5) is 62.6. The number of rotatable bonds is 9. The molecule has 2 aliphatic heterocycles. The van der Waals surface area contributed by atoms with Gasteiger partial charge >= 0.3 is 6.09 Å². The molecule has 2 saturated heterocycles. The largest absolute Gasteiger partial charge is 0.453 e. The van der Waals surface area contributed by atoms with Crippen molar-refractivity contribution in [1.82, 2.24) is 25.1 Å². The number of nitrogens with zero attached hydrogens (tertiary/aromatic N) is 3. The number of hydrogen-bond donors (Lipinski definition) is 3. The fourth-order valence-electron chi connectivity index (χ4n) is 6.29. The van der Waals surface area contributed by atoms with Gasteiger partial charge in [0.2, 0.25) is 17.7 Å². The number of carbonyl (C=O) groups is 4. The number of hydrogen-bond acceptors (Lipinski definition) is 6. The van der Waals surface area contributed by atoms with E-state index in [2.05, 4.69) is 25.3 Å². The standard InChI is InChI=1S/C35H44N6O5/c1-21(2)30(39-35(45)46-5)34(44)41-19-7-9-29(41)32(42)37-26-16-14-24(15-17-26)23-10-12-25(13-11-23)27-20-36-31(38-27)28-8-6-18-40(28)33(43)22(3)4/h10-17,20-22,28-30H,6-9,18-19H2,1-5H3,(H,36,38)(H,37,42)(H,39,45)/t28?,29-,30-/m0/s1. The van der Waals surface area contributed by atoms with Gasteiger partial charge in [-0.25, -0.2) is 9.78 Å². The summed E-state index contributed by atoms with van der Waals surface area (Å²) >= 11 is 0. The molecule has 3 aromatic rings. The molecule has 11 heteroatoms. The zero-order chi connectivity index (χ0) is 33.0. The molecular formula is C35H44N6O5. The molecule has 3 heterocycles. The van der Waals surface area contributed by atoms with Crippen molar-refractivity contribution in [2.24, 2.45) is 11.8 Å². The van der Waals surface area contributed by atoms with Gasteiger partial charge in [0, 0.05) is 24.7 Å². The molecule has 46 heavy (non-hydrogen) atoms. The number of aromatic amines is 1. The van der Waals surface area contributed by atoms with E-state index < -0.39 is 18.2 Å². The second-order valence-electron chi connectivity index (χ2n) is 12.7. The first-order chi connectivity index (χ1) is 22.1. The van der Waals surface area contributed by atoms with Gasteiger partial charge in [0.1, 0.15) is 17.9 Å². The molecule has 2 aliphatic rings. The molecule has 4 amide bonds. The molecule has 244 valence electrons. The van der Waals surface area contributed by atoms with Crippen LogP contribution in [0, 0.1) is 11.8 Å². The number of H-pyrrole nitrogens is 1. The first-order valence-electron chi connectivity index (χ1n) is 16.1. The van der Waals surface area contributed by atoms with Gasteiger partial charge < -0.3 is 30.2 Å². The molecular weight excluding hydrogens is 584 g/mol. The highest BCUT2D eigenvalue weighted by Gasteiger charge is 2.39. The van der Waals surface area contributed by atoms with Crippen molar-refractivity contribution >= 4 is 29.5 Å². The molecule has 3 atom stereocenters. The van der Waals surface area contributed by atoms with Crippen molar-refractivity contribution in [3.05, 3.63) is 60.6 Å². The lowest BCUT2D eigenvalue weighted by molar-refractivity contribution is -0.139. The smallest absolute Gasteiger partial charge is 0.407 e. The molecule has 2 fully saturated rings. The Morgan fingerprint density at radius 2 is 1.46 bits per heavy atom. The predicted octanol–water partition coefficient (Wildman–Crippen LogP) is 5.37. The zero-order valence-corrected chi connectivity index (χ0v) is 27.2. The average Bonchev–Trinajstić information content (AvgIpc) is 3.84. The van der Waals surface area contributed by atoms with Gasteiger partial charge in [0.15, 0.2) is 0 Å². The van der Waals surface area contributed by atoms with Crippen LogP contribution in [0.2, 0.25) is 0 Å². The van der Waals surface area contributed by atoms with Gasteiger partial charge in [-0.15, -0.1) is 0 Å². The van der Waals surface area contributed by atoms with E-state index in [9.17, 15) is 19.2 Å². The minimum absolute atomic E-state index is 0.0142. The number of aromatic nitrogens is 2. The number of nitrogens with one attached hydrogen (secondary N) is 3. The lowest BCUT2D eigenvalue weighted by atomic mass is 10.0. The van der Waals surface area contributed by atoms with Gasteiger partial charge in [-0.1, -0.05) is 64.1 Å². The Morgan fingerprint density at radius 1 is 0.848 bits per heavy atom. The number of benzene rings is 2. The Bertz CT molecular complexity index is 1550. The second kappa shape index (κ2) is 14.2. The van der Waals surface area contributed by atoms with E-state index in [1.165, 1.54) is 7.11 Å². The molecule has 0 aliphatic carbocycles. The maximum Gasteiger partial charge on any atom is 0.407 e. The monoisotopic (exact) mass is 628 g/mol. The summed E-state index contributed by atoms with van der Waals surface area (Å²) in [6.45, 7) is 8.77. The molecule has 1 unspecified atom stereocenters. The fourth-order valence-corrected chi connectivity index (χ4v) is 6.29. The van der Waals surface area contributed by atoms with E-state index >= 15 is 0 Å². The van der Waals surface area contributed by atoms with E-state index in [4.69, 9.17) is 0 Å². The van der Waals surface area contributed by atoms with Crippen LogP contribution in [-0.4, -0.2) is 75.9 Å². The maximum atomic E-state index is 13.3. The van der Waals surface area contributed by atoms with Crippen LogP contribution >= 0.6 is 0 Å². The first-order valence-corrected chi connectivity index (χ1v) is 16.1. The van der Waals surface area contributed by atoms with Gasteiger partial charge in [-0.05, 0) is 60.4 Å². The third-order valence-corrected chi connectivity index (χ3v) is 8.85. The van der Waals surface area contributed by atoms with Crippen molar-refractivity contribution < 1.29 is 23.9 Å². The Kier molecular flexibility index (Phi) is 10.1. The van der Waals surface area contributed by atoms with Crippen LogP contribution in [0.15, 0.2) is 54.7 Å². The van der Waals surface area contributed by atoms with Crippen LogP contribution in [0.25, 0.3) is 22.4 Å². The lowest BCUT2D eigenvalue weighted by Crippen LogP contribution is -2.54. The Balaban J connectivity index is 1.21. The number of amides is 4. The Labute approximate surface area is 270 Å². The molecule has 5 rings (SSSR count). The number of anilines is 1. The summed E-state index contributed by atoms with van der Waals surface area (Å²) in [6.07, 6.45) is 4.30. The molecule has 1 aromatic heterocycles. The van der Waals surface area contributed by atoms with Crippen LogP contribution in [-0.2, 0) is 19.1 Å². The molecule has 2 aromatic carbocycles. The second-order valence-corrected chi connectivity index (χ2v) is 12.7. The Hall–Kier alpha value is -4.67. The molecule has 0 spiro atoms. The number of ether oxygens (including phenoxy) is 1. The van der Waals surface area contributed by atoms with Crippen LogP contribution in [0.3, 0.4) is 0 Å². The molecule has 11 nitrogen and oxygen atoms in total. The van der Waals surface area contributed by atoms with E-state index in [1.54, 1.807) is 4.90 Å². The fraction of sp³-hybridized carbons (Fsp3) is 0.457. The highest BCUT2D eigenvalue weighted by Crippen LogP contribution is 2.33. The van der Waals surface area contributed by atoms with Gasteiger partial charge in [-0.3, -0.25) is 14.4 Å². The van der Waals surface area contributed by atoms with E-state index in [0.29, 0.717) is 25.1 Å². The lowest BCUT2D eigenvalue weighted by Gasteiger charge is -2.30. The summed E-state index contributed by atoms with van der Waals surface area (Å²) in [5.41, 5.74) is 4.57. The molecule has 3 N–H and O–H groups in total. The number of likely N-dealkylation sites (tertiary alicyclic amines) is 2. The highest BCUT2D eigenvalue weighted by molar-refractivity contribution is 5.98. The van der Waals surface area contributed by atoms with Crippen molar-refractivity contribution in [3.63, 3.8) is 0 Å². The zero-order valence-electron chi connectivity index (χ0n) is 27.2. The van der Waals surface area contributed by atoms with Crippen LogP contribution in [0.4, 0.5) is 10.5 Å². The minimum atomic E-state index is -0.778. The summed E-state index contributed by atoms with van der Waals surface area (Å²) in [5.74, 6) is 0.240. The van der Waals surface area contributed by atoms with Crippen LogP contribution < -0.4 is 10.6 Å². The van der Waals surface area contributed by atoms with Crippen molar-refractivity contribution in [1.29, 1.82) is 0 Å². The molecule has 0 bridgehead atoms. The van der Waals surface area contributed by atoms with Gasteiger partial charge in [0.25, 0.3) is 0 Å². The Morgan fingerprint density at radius 3 is 2.09 bits per heavy atom. The topological polar surface area (TPSA) is 137 Å². The molecule has 0 saturated carbocycles. The van der Waals surface area contributed by atoms with E-state index in [1.807, 2.05) is 87.3 Å². The summed E-state index contributed by atoms with van der Waals surface area (Å²) in [6, 6.07) is 14.4. The first kappa shape index (κ1) is 32.7. The molecule has 0 radical (unpaired) electrons. The van der Waals surface area contributed by atoms with E-state index in [0.717, 1.165) is 47.6 Å². The number of methoxy groups -OCH3 is 1. The SMILES string of the molecule is COC(=O)N[C@H](C(=O)N1CCC[C@H]1C(=O)Nc1ccc(-c2ccc(-c3cnc(C4CCCN4C(=O)C(C)C)[nH]3)cc2)cc1)C(C)C. The number of imidazole rings is 1. The van der Waals surface area contributed by atoms with Crippen molar-refractivity contribution in [3.8, 4) is 22.4 Å². The summed E-state index contributed by atoms with van der Waals surface area (Å²) in [7, 11) is 1.25. The maximum absolute atomic E-state index is 13.3. The third-order valence-electron chi connectivity index (χ3n) is 8.85. The quantitative estimate of drug-likeness (QED) is 0.291. The number of alkyl carbamates (subject to hydrolysis) is 1. The van der Waals surface area contributed by atoms with Crippen LogP contribution in [0.1, 0.15) is 65.2 Å². The number of carbonyl (C=O) groups excluding carboxylic acids is 4. The van der Waals surface area contributed by atoms with Gasteiger partial charge in [-0.2, -0.15) is 0 Å². The summed E-state index contributed by atoms with van der Waals surface area (Å²) < 4.78 is 4.68. The highest BCUT2D eigenvalue weighted by atomic mass is 16.5. The van der Waals surface area contributed by atoms with Crippen LogP contribution in [0.5, 0.6) is 0 Å². The van der Waals surface area contributed by atoms with Gasteiger partial charge in [0.05, 0.1) is 25.0 Å². The normalized spacial score (nSPS) is 18.6. The van der Waals surface area contributed by atoms with Crippen molar-refractivity contribution in [2.45, 2.75) is 71.5 Å². The van der Waals surface area contributed by atoms with E-state index in [-0.39, 0.29) is 35.6 Å². The predicted molar refractivity (Wildman–Crippen MR) is 176 cm³/mol. The van der Waals surface area contributed by atoms with Crippen molar-refractivity contribution in [2.75, 3.05) is 25.5 Å². The summed E-state index contributed by atoms with van der Waals surface area (Å²) in [5, 5.41) is 5.56.